The quantitative estimate of drug-likeness (QED) is 0.432. The van der Waals surface area contributed by atoms with E-state index in [2.05, 4.69) is 5.32 Å². The predicted octanol–water partition coefficient (Wildman–Crippen LogP) is 1.33. The second-order valence-corrected chi connectivity index (χ2v) is 2.66. The Hall–Kier alpha value is -1.61. The van der Waals surface area contributed by atoms with Crippen LogP contribution in [0.15, 0.2) is 36.1 Å². The number of hydrogen-bond acceptors (Lipinski definition) is 3. The highest BCUT2D eigenvalue weighted by Crippen LogP contribution is 2.05. The summed E-state index contributed by atoms with van der Waals surface area (Å²) >= 11 is 0. The van der Waals surface area contributed by atoms with Gasteiger partial charge in [0.05, 0.1) is 0 Å². The van der Waals surface area contributed by atoms with Crippen LogP contribution in [-0.4, -0.2) is 20.1 Å². The van der Waals surface area contributed by atoms with Crippen molar-refractivity contribution in [2.24, 2.45) is 0 Å². The Kier molecular flexibility index (Phi) is 4.44. The summed E-state index contributed by atoms with van der Waals surface area (Å²) in [6.07, 6.45) is 3.38. The molecular weight excluding hydrogens is 178 g/mol. The molecule has 1 radical (unpaired) electrons. The molecule has 3 heteroatoms. The van der Waals surface area contributed by atoms with Crippen molar-refractivity contribution in [3.8, 4) is 0 Å². The molecule has 0 aliphatic carbocycles. The van der Waals surface area contributed by atoms with Crippen molar-refractivity contribution in [1.29, 1.82) is 0 Å². The number of carbonyl (C=O) groups excluding carboxylic acids is 1. The molecule has 0 amide bonds. The number of ether oxygens (including phenoxy) is 1. The van der Waals surface area contributed by atoms with E-state index in [-0.39, 0.29) is 5.76 Å². The van der Waals surface area contributed by atoms with E-state index in [0.29, 0.717) is 6.73 Å². The van der Waals surface area contributed by atoms with Crippen LogP contribution in [0.2, 0.25) is 0 Å². The molecule has 0 saturated carbocycles. The molecule has 14 heavy (non-hydrogen) atoms. The second kappa shape index (κ2) is 5.94. The van der Waals surface area contributed by atoms with Crippen LogP contribution < -0.4 is 5.32 Å². The monoisotopic (exact) mass is 190 g/mol. The molecule has 73 valence electrons. The first kappa shape index (κ1) is 10.5. The fourth-order valence-electron chi connectivity index (χ4n) is 0.951. The summed E-state index contributed by atoms with van der Waals surface area (Å²) in [6.45, 7) is 0.300. The Morgan fingerprint density at radius 2 is 2.21 bits per heavy atom. The summed E-state index contributed by atoms with van der Waals surface area (Å²) < 4.78 is 5.07. The fraction of sp³-hybridized carbons (Fsp3) is 0.182. The highest BCUT2D eigenvalue weighted by molar-refractivity contribution is 5.79. The second-order valence-electron chi connectivity index (χ2n) is 2.66. The molecule has 0 saturated heterocycles. The van der Waals surface area contributed by atoms with Crippen LogP contribution in [0, 0.1) is 0 Å². The Morgan fingerprint density at radius 1 is 1.50 bits per heavy atom. The van der Waals surface area contributed by atoms with E-state index in [9.17, 15) is 4.79 Å². The van der Waals surface area contributed by atoms with E-state index in [0.717, 1.165) is 5.56 Å². The van der Waals surface area contributed by atoms with E-state index in [1.807, 2.05) is 30.3 Å². The van der Waals surface area contributed by atoms with Crippen molar-refractivity contribution in [3.05, 3.63) is 41.7 Å². The average Bonchev–Trinajstić information content (AvgIpc) is 2.25. The molecule has 0 aliphatic heterocycles. The Morgan fingerprint density at radius 3 is 2.79 bits per heavy atom. The van der Waals surface area contributed by atoms with Crippen molar-refractivity contribution >= 4 is 12.4 Å². The summed E-state index contributed by atoms with van der Waals surface area (Å²) in [5, 5.41) is 2.78. The highest BCUT2D eigenvalue weighted by atomic mass is 16.5. The van der Waals surface area contributed by atoms with Gasteiger partial charge in [-0.05, 0) is 18.7 Å². The molecule has 1 rings (SSSR count). The minimum Gasteiger partial charge on any atom is -0.474 e. The van der Waals surface area contributed by atoms with Crippen molar-refractivity contribution < 1.29 is 9.53 Å². The topological polar surface area (TPSA) is 38.3 Å². The summed E-state index contributed by atoms with van der Waals surface area (Å²) in [4.78, 5) is 10.5. The molecular formula is C11H12NO2. The number of benzene rings is 1. The third-order valence-electron chi connectivity index (χ3n) is 1.57. The van der Waals surface area contributed by atoms with Crippen LogP contribution in [0.4, 0.5) is 0 Å². The van der Waals surface area contributed by atoms with Gasteiger partial charge in [0.1, 0.15) is 6.73 Å². The van der Waals surface area contributed by atoms with Gasteiger partial charge in [-0.3, -0.25) is 10.1 Å². The zero-order valence-corrected chi connectivity index (χ0v) is 7.99. The summed E-state index contributed by atoms with van der Waals surface area (Å²) in [7, 11) is 1.74. The standard InChI is InChI=1S/C11H12NO2/c1-12-9-14-11(8-13)7-10-5-3-2-4-6-10/h2-7,12H,9H2,1H3. The molecule has 0 heterocycles. The first-order valence-electron chi connectivity index (χ1n) is 4.29. The number of hydrogen-bond donors (Lipinski definition) is 1. The maximum Gasteiger partial charge on any atom is 0.271 e. The van der Waals surface area contributed by atoms with Crippen LogP contribution in [0.3, 0.4) is 0 Å². The predicted molar refractivity (Wildman–Crippen MR) is 55.1 cm³/mol. The first-order valence-corrected chi connectivity index (χ1v) is 4.29. The van der Waals surface area contributed by atoms with Gasteiger partial charge in [-0.1, -0.05) is 30.3 Å². The van der Waals surface area contributed by atoms with Crippen LogP contribution in [0.25, 0.3) is 6.08 Å². The van der Waals surface area contributed by atoms with Crippen molar-refractivity contribution in [3.63, 3.8) is 0 Å². The van der Waals surface area contributed by atoms with Crippen molar-refractivity contribution in [1.82, 2.24) is 5.32 Å². The molecule has 1 aromatic carbocycles. The van der Waals surface area contributed by atoms with Crippen LogP contribution in [0.5, 0.6) is 0 Å². The molecule has 3 nitrogen and oxygen atoms in total. The van der Waals surface area contributed by atoms with E-state index < -0.39 is 0 Å². The van der Waals surface area contributed by atoms with Gasteiger partial charge in [-0.2, -0.15) is 0 Å². The van der Waals surface area contributed by atoms with Gasteiger partial charge in [0.15, 0.2) is 5.76 Å². The van der Waals surface area contributed by atoms with E-state index >= 15 is 0 Å². The van der Waals surface area contributed by atoms with Gasteiger partial charge in [0, 0.05) is 0 Å². The minimum absolute atomic E-state index is 0.200. The highest BCUT2D eigenvalue weighted by Gasteiger charge is 1.96. The Balaban J connectivity index is 2.68. The van der Waals surface area contributed by atoms with Crippen molar-refractivity contribution in [2.75, 3.05) is 13.8 Å². The number of rotatable bonds is 5. The fourth-order valence-corrected chi connectivity index (χ4v) is 0.951. The third kappa shape index (κ3) is 3.41. The number of nitrogens with one attached hydrogen (secondary N) is 1. The van der Waals surface area contributed by atoms with Crippen LogP contribution in [0.1, 0.15) is 5.56 Å². The van der Waals surface area contributed by atoms with Crippen molar-refractivity contribution in [2.45, 2.75) is 0 Å². The summed E-state index contributed by atoms with van der Waals surface area (Å²) in [5.74, 6) is 0.200. The van der Waals surface area contributed by atoms with Gasteiger partial charge in [0.2, 0.25) is 0 Å². The van der Waals surface area contributed by atoms with Gasteiger partial charge in [-0.15, -0.1) is 0 Å². The van der Waals surface area contributed by atoms with Crippen LogP contribution >= 0.6 is 0 Å². The normalized spacial score (nSPS) is 11.1. The van der Waals surface area contributed by atoms with Gasteiger partial charge >= 0.3 is 0 Å². The largest absolute Gasteiger partial charge is 0.474 e. The summed E-state index contributed by atoms with van der Waals surface area (Å²) in [6, 6.07) is 9.48. The van der Waals surface area contributed by atoms with E-state index in [1.54, 1.807) is 19.4 Å². The molecule has 0 fully saturated rings. The smallest absolute Gasteiger partial charge is 0.271 e. The van der Waals surface area contributed by atoms with E-state index in [4.69, 9.17) is 4.74 Å². The zero-order chi connectivity index (χ0) is 10.2. The molecule has 0 spiro atoms. The third-order valence-corrected chi connectivity index (χ3v) is 1.57. The minimum atomic E-state index is 0.200. The van der Waals surface area contributed by atoms with Crippen LogP contribution in [-0.2, 0) is 9.53 Å². The lowest BCUT2D eigenvalue weighted by Crippen LogP contribution is -2.11. The average molecular weight is 190 g/mol. The molecule has 0 atom stereocenters. The van der Waals surface area contributed by atoms with Gasteiger partial charge in [0.25, 0.3) is 6.29 Å². The Bertz CT molecular complexity index is 306. The molecule has 1 N–H and O–H groups in total. The molecule has 0 unspecified atom stereocenters. The maximum atomic E-state index is 10.5. The van der Waals surface area contributed by atoms with Gasteiger partial charge in [-0.25, -0.2) is 0 Å². The molecule has 0 bridgehead atoms. The SMILES string of the molecule is CNCOC([C]=O)=Cc1ccccc1. The lowest BCUT2D eigenvalue weighted by molar-refractivity contribution is 0.214. The maximum absolute atomic E-state index is 10.5. The summed E-state index contributed by atoms with van der Waals surface area (Å²) in [5.41, 5.74) is 0.918. The number of allylic oxidation sites excluding steroid dienone is 1. The molecule has 0 aromatic heterocycles. The molecule has 0 aliphatic rings. The lowest BCUT2D eigenvalue weighted by atomic mass is 10.2. The molecule has 1 aromatic rings. The zero-order valence-electron chi connectivity index (χ0n) is 7.99. The Labute approximate surface area is 83.4 Å². The van der Waals surface area contributed by atoms with E-state index in [1.165, 1.54) is 0 Å². The lowest BCUT2D eigenvalue weighted by Gasteiger charge is -2.02. The van der Waals surface area contributed by atoms with Gasteiger partial charge < -0.3 is 4.74 Å². The first-order chi connectivity index (χ1) is 6.86.